The molecule has 0 radical (unpaired) electrons. The first-order valence-electron chi connectivity index (χ1n) is 9.18. The highest BCUT2D eigenvalue weighted by molar-refractivity contribution is 6.37. The van der Waals surface area contributed by atoms with Gasteiger partial charge in [-0.25, -0.2) is 0 Å². The highest BCUT2D eigenvalue weighted by Gasteiger charge is 2.29. The van der Waals surface area contributed by atoms with Crippen LogP contribution in [-0.2, 0) is 11.3 Å². The Kier molecular flexibility index (Phi) is 4.85. The summed E-state index contributed by atoms with van der Waals surface area (Å²) in [5.74, 6) is -0.789. The number of primary amides is 1. The smallest absolute Gasteiger partial charge is 0.258 e. The van der Waals surface area contributed by atoms with Gasteiger partial charge in [0.05, 0.1) is 11.3 Å². The second-order valence-corrected chi connectivity index (χ2v) is 6.72. The Balaban J connectivity index is 1.88. The normalized spacial score (nSPS) is 14.2. The van der Waals surface area contributed by atoms with Crippen molar-refractivity contribution in [2.75, 3.05) is 10.6 Å². The minimum absolute atomic E-state index is 0.247. The zero-order valence-electron chi connectivity index (χ0n) is 15.6. The summed E-state index contributed by atoms with van der Waals surface area (Å²) in [6.07, 6.45) is 0. The highest BCUT2D eigenvalue weighted by Crippen LogP contribution is 2.38. The van der Waals surface area contributed by atoms with Crippen LogP contribution in [0.15, 0.2) is 72.8 Å². The number of carbonyl (C=O) groups is 2. The van der Waals surface area contributed by atoms with Crippen LogP contribution in [0.4, 0.5) is 11.4 Å². The van der Waals surface area contributed by atoms with E-state index in [1.54, 1.807) is 18.2 Å². The molecule has 1 heterocycles. The van der Waals surface area contributed by atoms with Crippen molar-refractivity contribution in [3.63, 3.8) is 0 Å². The first-order valence-corrected chi connectivity index (χ1v) is 9.18. The van der Waals surface area contributed by atoms with E-state index in [2.05, 4.69) is 10.6 Å². The Hall–Kier alpha value is -3.90. The maximum Gasteiger partial charge on any atom is 0.258 e. The van der Waals surface area contributed by atoms with Gasteiger partial charge in [-0.2, -0.15) is 0 Å². The Morgan fingerprint density at radius 3 is 2.45 bits per heavy atom. The van der Waals surface area contributed by atoms with E-state index in [1.807, 2.05) is 54.6 Å². The van der Waals surface area contributed by atoms with Crippen LogP contribution in [0.3, 0.4) is 0 Å². The van der Waals surface area contributed by atoms with Crippen LogP contribution in [0.1, 0.15) is 27.0 Å². The van der Waals surface area contributed by atoms with Gasteiger partial charge >= 0.3 is 0 Å². The van der Waals surface area contributed by atoms with Gasteiger partial charge in [-0.1, -0.05) is 48.5 Å². The van der Waals surface area contributed by atoms with E-state index < -0.39 is 5.91 Å². The molecule has 0 bridgehead atoms. The van der Waals surface area contributed by atoms with Crippen molar-refractivity contribution < 1.29 is 9.59 Å². The molecule has 6 heteroatoms. The molecular weight excluding hydrogens is 364 g/mol. The van der Waals surface area contributed by atoms with Crippen molar-refractivity contribution in [1.82, 2.24) is 0 Å². The van der Waals surface area contributed by atoms with Crippen LogP contribution in [0.5, 0.6) is 0 Å². The van der Waals surface area contributed by atoms with E-state index in [4.69, 9.17) is 11.5 Å². The van der Waals surface area contributed by atoms with Gasteiger partial charge in [0.1, 0.15) is 0 Å². The lowest BCUT2D eigenvalue weighted by Gasteiger charge is -2.15. The molecule has 3 aromatic rings. The SMILES string of the molecule is NCc1cccc(N/C(=C2\C(=O)Nc3cc(C(N)=O)ccc32)c2ccccc2)c1. The molecule has 0 fully saturated rings. The highest BCUT2D eigenvalue weighted by atomic mass is 16.2. The molecule has 4 rings (SSSR count). The van der Waals surface area contributed by atoms with Crippen LogP contribution < -0.4 is 22.1 Å². The summed E-state index contributed by atoms with van der Waals surface area (Å²) in [6.45, 7) is 0.423. The molecular formula is C23H20N4O2. The number of hydrogen-bond acceptors (Lipinski definition) is 4. The second-order valence-electron chi connectivity index (χ2n) is 6.72. The summed E-state index contributed by atoms with van der Waals surface area (Å²) in [5.41, 5.74) is 16.6. The summed E-state index contributed by atoms with van der Waals surface area (Å²) in [7, 11) is 0. The third-order valence-electron chi connectivity index (χ3n) is 4.79. The number of nitrogens with one attached hydrogen (secondary N) is 2. The fourth-order valence-electron chi connectivity index (χ4n) is 3.38. The zero-order valence-corrected chi connectivity index (χ0v) is 15.6. The van der Waals surface area contributed by atoms with Crippen LogP contribution >= 0.6 is 0 Å². The predicted octanol–water partition coefficient (Wildman–Crippen LogP) is 3.18. The molecule has 144 valence electrons. The lowest BCUT2D eigenvalue weighted by Crippen LogP contribution is -2.11. The minimum Gasteiger partial charge on any atom is -0.366 e. The average molecular weight is 384 g/mol. The van der Waals surface area contributed by atoms with Crippen LogP contribution in [-0.4, -0.2) is 11.8 Å². The summed E-state index contributed by atoms with van der Waals surface area (Å²) in [5, 5.41) is 6.23. The van der Waals surface area contributed by atoms with Crippen molar-refractivity contribution in [3.8, 4) is 0 Å². The van der Waals surface area contributed by atoms with Crippen molar-refractivity contribution in [2.45, 2.75) is 6.54 Å². The fourth-order valence-corrected chi connectivity index (χ4v) is 3.38. The van der Waals surface area contributed by atoms with E-state index in [-0.39, 0.29) is 5.91 Å². The molecule has 6 nitrogen and oxygen atoms in total. The van der Waals surface area contributed by atoms with Crippen molar-refractivity contribution in [2.24, 2.45) is 11.5 Å². The maximum absolute atomic E-state index is 12.9. The lowest BCUT2D eigenvalue weighted by molar-refractivity contribution is -0.110. The third-order valence-corrected chi connectivity index (χ3v) is 4.79. The molecule has 0 spiro atoms. The van der Waals surface area contributed by atoms with Crippen LogP contribution in [0, 0.1) is 0 Å². The predicted molar refractivity (Wildman–Crippen MR) is 115 cm³/mol. The van der Waals surface area contributed by atoms with Gasteiger partial charge in [0, 0.05) is 29.0 Å². The Labute approximate surface area is 168 Å². The Morgan fingerprint density at radius 2 is 1.72 bits per heavy atom. The van der Waals surface area contributed by atoms with E-state index in [1.165, 1.54) is 0 Å². The number of nitrogens with two attached hydrogens (primary N) is 2. The van der Waals surface area contributed by atoms with E-state index in [0.29, 0.717) is 34.6 Å². The summed E-state index contributed by atoms with van der Waals surface area (Å²) in [6, 6.07) is 22.3. The van der Waals surface area contributed by atoms with Gasteiger partial charge in [-0.15, -0.1) is 0 Å². The van der Waals surface area contributed by atoms with Crippen molar-refractivity contribution >= 4 is 34.5 Å². The average Bonchev–Trinajstić information content (AvgIpc) is 3.07. The van der Waals surface area contributed by atoms with Crippen LogP contribution in [0.2, 0.25) is 0 Å². The Bertz CT molecular complexity index is 1140. The van der Waals surface area contributed by atoms with Gasteiger partial charge < -0.3 is 22.1 Å². The number of anilines is 2. The first kappa shape index (κ1) is 18.5. The third kappa shape index (κ3) is 3.61. The molecule has 2 amide bonds. The first-order chi connectivity index (χ1) is 14.1. The molecule has 0 atom stereocenters. The van der Waals surface area contributed by atoms with Crippen LogP contribution in [0.25, 0.3) is 11.3 Å². The standard InChI is InChI=1S/C23H20N4O2/c24-13-14-5-4-8-17(11-14)26-21(15-6-2-1-3-7-15)20-18-10-9-16(22(25)28)12-19(18)27-23(20)29/h1-12,26H,13,24H2,(H2,25,28)(H,27,29)/b21-20-. The van der Waals surface area contributed by atoms with Gasteiger partial charge in [0.2, 0.25) is 5.91 Å². The van der Waals surface area contributed by atoms with Gasteiger partial charge in [0.15, 0.2) is 0 Å². The maximum atomic E-state index is 12.9. The largest absolute Gasteiger partial charge is 0.366 e. The molecule has 3 aromatic carbocycles. The summed E-state index contributed by atoms with van der Waals surface area (Å²) in [4.78, 5) is 24.4. The molecule has 0 unspecified atom stereocenters. The van der Waals surface area contributed by atoms with Crippen molar-refractivity contribution in [1.29, 1.82) is 0 Å². The lowest BCUT2D eigenvalue weighted by atomic mass is 9.99. The molecule has 0 aromatic heterocycles. The van der Waals surface area contributed by atoms with E-state index in [9.17, 15) is 9.59 Å². The second kappa shape index (κ2) is 7.61. The molecule has 1 aliphatic heterocycles. The van der Waals surface area contributed by atoms with E-state index in [0.717, 1.165) is 16.8 Å². The number of fused-ring (bicyclic) bond motifs is 1. The monoisotopic (exact) mass is 384 g/mol. The molecule has 0 saturated heterocycles. The fraction of sp³-hybridized carbons (Fsp3) is 0.0435. The van der Waals surface area contributed by atoms with Crippen molar-refractivity contribution in [3.05, 3.63) is 95.1 Å². The number of amides is 2. The molecule has 1 aliphatic rings. The number of rotatable bonds is 5. The topological polar surface area (TPSA) is 110 Å². The van der Waals surface area contributed by atoms with Gasteiger partial charge in [-0.3, -0.25) is 9.59 Å². The quantitative estimate of drug-likeness (QED) is 0.506. The molecule has 29 heavy (non-hydrogen) atoms. The number of carbonyl (C=O) groups excluding carboxylic acids is 2. The van der Waals surface area contributed by atoms with Gasteiger partial charge in [0.25, 0.3) is 5.91 Å². The molecule has 0 saturated carbocycles. The molecule has 6 N–H and O–H groups in total. The summed E-state index contributed by atoms with van der Waals surface area (Å²) < 4.78 is 0. The Morgan fingerprint density at radius 1 is 0.931 bits per heavy atom. The molecule has 0 aliphatic carbocycles. The zero-order chi connectivity index (χ0) is 20.4. The van der Waals surface area contributed by atoms with E-state index >= 15 is 0 Å². The number of benzene rings is 3. The summed E-state index contributed by atoms with van der Waals surface area (Å²) >= 11 is 0. The number of hydrogen-bond donors (Lipinski definition) is 4. The minimum atomic E-state index is -0.542. The van der Waals surface area contributed by atoms with Gasteiger partial charge in [-0.05, 0) is 35.4 Å².